The van der Waals surface area contributed by atoms with Gasteiger partial charge in [0.05, 0.1) is 6.26 Å². The molecule has 0 spiro atoms. The number of nitrogens with one attached hydrogen (secondary N) is 2. The maximum atomic E-state index is 12.6. The highest BCUT2D eigenvalue weighted by Crippen LogP contribution is 2.31. The largest absolute Gasteiger partial charge is 0.459 e. The third-order valence-corrected chi connectivity index (χ3v) is 4.39. The van der Waals surface area contributed by atoms with E-state index in [1.165, 1.54) is 6.26 Å². The maximum absolute atomic E-state index is 12.6. The minimum absolute atomic E-state index is 0.0258. The van der Waals surface area contributed by atoms with E-state index in [0.717, 1.165) is 18.4 Å². The molecule has 3 rings (SSSR count). The molecule has 4 N–H and O–H groups in total. The molecule has 6 heteroatoms. The van der Waals surface area contributed by atoms with Crippen LogP contribution in [0.15, 0.2) is 53.1 Å². The normalized spacial score (nSPS) is 16.0. The van der Waals surface area contributed by atoms with Crippen molar-refractivity contribution in [2.75, 3.05) is 6.54 Å². The summed E-state index contributed by atoms with van der Waals surface area (Å²) in [6.45, 7) is 0.422. The van der Waals surface area contributed by atoms with E-state index in [4.69, 9.17) is 10.2 Å². The number of furan rings is 1. The van der Waals surface area contributed by atoms with Crippen LogP contribution in [0.3, 0.4) is 0 Å². The summed E-state index contributed by atoms with van der Waals surface area (Å²) in [6.07, 6.45) is 4.08. The molecule has 1 aromatic carbocycles. The molecule has 25 heavy (non-hydrogen) atoms. The fraction of sp³-hybridized carbons (Fsp3) is 0.368. The van der Waals surface area contributed by atoms with E-state index in [0.29, 0.717) is 18.9 Å². The minimum atomic E-state index is -0.689. The fourth-order valence-corrected chi connectivity index (χ4v) is 2.73. The third kappa shape index (κ3) is 4.93. The minimum Gasteiger partial charge on any atom is -0.459 e. The van der Waals surface area contributed by atoms with Gasteiger partial charge in [0.15, 0.2) is 5.76 Å². The summed E-state index contributed by atoms with van der Waals surface area (Å²) in [5.74, 6) is 0.0403. The van der Waals surface area contributed by atoms with Crippen LogP contribution in [0.4, 0.5) is 0 Å². The second-order valence-electron chi connectivity index (χ2n) is 6.44. The lowest BCUT2D eigenvalue weighted by Gasteiger charge is -2.19. The summed E-state index contributed by atoms with van der Waals surface area (Å²) in [7, 11) is 0. The molecule has 1 saturated carbocycles. The van der Waals surface area contributed by atoms with Gasteiger partial charge in [-0.15, -0.1) is 0 Å². The highest BCUT2D eigenvalue weighted by atomic mass is 16.3. The second kappa shape index (κ2) is 7.98. The molecule has 0 bridgehead atoms. The van der Waals surface area contributed by atoms with Crippen molar-refractivity contribution in [2.45, 2.75) is 31.3 Å². The average Bonchev–Trinajstić information content (AvgIpc) is 3.33. The van der Waals surface area contributed by atoms with Crippen molar-refractivity contribution in [2.24, 2.45) is 11.7 Å². The number of benzene rings is 1. The predicted octanol–water partition coefficient (Wildman–Crippen LogP) is 1.47. The maximum Gasteiger partial charge on any atom is 0.287 e. The first-order chi connectivity index (χ1) is 12.1. The van der Waals surface area contributed by atoms with Crippen molar-refractivity contribution in [3.05, 3.63) is 60.1 Å². The van der Waals surface area contributed by atoms with Gasteiger partial charge in [-0.05, 0) is 36.5 Å². The Hall–Kier alpha value is -2.60. The molecule has 0 radical (unpaired) electrons. The smallest absolute Gasteiger partial charge is 0.287 e. The molecular formula is C19H23N3O3. The summed E-state index contributed by atoms with van der Waals surface area (Å²) in [5.41, 5.74) is 7.01. The van der Waals surface area contributed by atoms with Crippen LogP contribution in [-0.2, 0) is 11.2 Å². The van der Waals surface area contributed by atoms with Crippen LogP contribution in [0.2, 0.25) is 0 Å². The number of carbonyl (C=O) groups excluding carboxylic acids is 2. The van der Waals surface area contributed by atoms with Crippen molar-refractivity contribution in [3.8, 4) is 0 Å². The summed E-state index contributed by atoms with van der Waals surface area (Å²) < 4.78 is 5.10. The molecule has 2 unspecified atom stereocenters. The molecule has 2 amide bonds. The van der Waals surface area contributed by atoms with Gasteiger partial charge >= 0.3 is 0 Å². The molecule has 132 valence electrons. The van der Waals surface area contributed by atoms with Crippen molar-refractivity contribution >= 4 is 11.8 Å². The van der Waals surface area contributed by atoms with Gasteiger partial charge in [0.2, 0.25) is 5.91 Å². The van der Waals surface area contributed by atoms with Gasteiger partial charge < -0.3 is 20.8 Å². The van der Waals surface area contributed by atoms with Crippen LogP contribution in [0.25, 0.3) is 0 Å². The number of carbonyl (C=O) groups is 2. The molecule has 1 aliphatic rings. The zero-order valence-corrected chi connectivity index (χ0v) is 14.0. The van der Waals surface area contributed by atoms with Gasteiger partial charge in [0.25, 0.3) is 5.91 Å². The van der Waals surface area contributed by atoms with Crippen LogP contribution in [0.5, 0.6) is 0 Å². The Morgan fingerprint density at radius 3 is 2.56 bits per heavy atom. The second-order valence-corrected chi connectivity index (χ2v) is 6.44. The molecule has 1 aliphatic carbocycles. The van der Waals surface area contributed by atoms with E-state index in [-0.39, 0.29) is 17.7 Å². The third-order valence-electron chi connectivity index (χ3n) is 4.39. The summed E-state index contributed by atoms with van der Waals surface area (Å²) in [4.78, 5) is 24.8. The molecule has 6 nitrogen and oxygen atoms in total. The fourth-order valence-electron chi connectivity index (χ4n) is 2.73. The number of rotatable bonds is 8. The summed E-state index contributed by atoms with van der Waals surface area (Å²) in [5, 5.41) is 5.62. The van der Waals surface area contributed by atoms with E-state index in [1.54, 1.807) is 12.1 Å². The Morgan fingerprint density at radius 2 is 1.92 bits per heavy atom. The number of hydrogen-bond acceptors (Lipinski definition) is 4. The van der Waals surface area contributed by atoms with E-state index in [1.807, 2.05) is 30.3 Å². The topological polar surface area (TPSA) is 97.4 Å². The van der Waals surface area contributed by atoms with Gasteiger partial charge in [-0.2, -0.15) is 0 Å². The van der Waals surface area contributed by atoms with Crippen LogP contribution in [0.1, 0.15) is 29.0 Å². The van der Waals surface area contributed by atoms with Gasteiger partial charge in [-0.25, -0.2) is 0 Å². The lowest BCUT2D eigenvalue weighted by molar-refractivity contribution is -0.123. The SMILES string of the molecule is NC(CNC(=O)C(Cc1ccccc1)NC(=O)c1ccco1)C1CC1. The summed E-state index contributed by atoms with van der Waals surface area (Å²) in [6, 6.07) is 12.1. The van der Waals surface area contributed by atoms with Crippen molar-refractivity contribution in [1.29, 1.82) is 0 Å². The van der Waals surface area contributed by atoms with Gasteiger partial charge in [-0.1, -0.05) is 30.3 Å². The van der Waals surface area contributed by atoms with Gasteiger partial charge in [0.1, 0.15) is 6.04 Å². The lowest BCUT2D eigenvalue weighted by Crippen LogP contribution is -2.50. The molecule has 1 heterocycles. The number of amides is 2. The zero-order chi connectivity index (χ0) is 17.6. The van der Waals surface area contributed by atoms with Crippen LogP contribution in [0, 0.1) is 5.92 Å². The molecule has 2 aromatic rings. The van der Waals surface area contributed by atoms with Gasteiger partial charge in [-0.3, -0.25) is 9.59 Å². The molecule has 0 saturated heterocycles. The van der Waals surface area contributed by atoms with Crippen LogP contribution < -0.4 is 16.4 Å². The van der Waals surface area contributed by atoms with Crippen molar-refractivity contribution in [3.63, 3.8) is 0 Å². The first-order valence-corrected chi connectivity index (χ1v) is 8.55. The number of hydrogen-bond donors (Lipinski definition) is 3. The van der Waals surface area contributed by atoms with E-state index in [9.17, 15) is 9.59 Å². The Morgan fingerprint density at radius 1 is 1.16 bits per heavy atom. The number of nitrogens with two attached hydrogens (primary N) is 1. The Kier molecular flexibility index (Phi) is 5.50. The monoisotopic (exact) mass is 341 g/mol. The van der Waals surface area contributed by atoms with E-state index < -0.39 is 11.9 Å². The van der Waals surface area contributed by atoms with Gasteiger partial charge in [0, 0.05) is 19.0 Å². The van der Waals surface area contributed by atoms with Crippen molar-refractivity contribution in [1.82, 2.24) is 10.6 Å². The molecule has 1 aromatic heterocycles. The molecular weight excluding hydrogens is 318 g/mol. The predicted molar refractivity (Wildman–Crippen MR) is 93.8 cm³/mol. The Bertz CT molecular complexity index is 696. The van der Waals surface area contributed by atoms with Crippen LogP contribution >= 0.6 is 0 Å². The highest BCUT2D eigenvalue weighted by Gasteiger charge is 2.29. The Labute approximate surface area is 146 Å². The van der Waals surface area contributed by atoms with E-state index >= 15 is 0 Å². The molecule has 2 atom stereocenters. The lowest BCUT2D eigenvalue weighted by atomic mass is 10.0. The van der Waals surface area contributed by atoms with Crippen molar-refractivity contribution < 1.29 is 14.0 Å². The quantitative estimate of drug-likeness (QED) is 0.677. The molecule has 0 aliphatic heterocycles. The molecule has 1 fully saturated rings. The Balaban J connectivity index is 1.64. The standard InChI is InChI=1S/C19H23N3O3/c20-15(14-8-9-14)12-21-18(23)16(11-13-5-2-1-3-6-13)22-19(24)17-7-4-10-25-17/h1-7,10,14-16H,8-9,11-12,20H2,(H,21,23)(H,22,24). The zero-order valence-electron chi connectivity index (χ0n) is 14.0. The highest BCUT2D eigenvalue weighted by molar-refractivity contribution is 5.95. The first-order valence-electron chi connectivity index (χ1n) is 8.55. The summed E-state index contributed by atoms with van der Waals surface area (Å²) >= 11 is 0. The van der Waals surface area contributed by atoms with Crippen LogP contribution in [-0.4, -0.2) is 30.4 Å². The first kappa shape index (κ1) is 17.2. The van der Waals surface area contributed by atoms with E-state index in [2.05, 4.69) is 10.6 Å². The average molecular weight is 341 g/mol.